The Kier molecular flexibility index (Phi) is 9.42. The van der Waals surface area contributed by atoms with E-state index in [0.717, 1.165) is 26.1 Å². The minimum atomic E-state index is 0.375. The summed E-state index contributed by atoms with van der Waals surface area (Å²) in [5.41, 5.74) is 6.14. The van der Waals surface area contributed by atoms with E-state index in [9.17, 15) is 0 Å². The first-order valence-electron chi connectivity index (χ1n) is 6.09. The normalized spacial score (nSPS) is 15.4. The molecule has 2 atom stereocenters. The van der Waals surface area contributed by atoms with E-state index in [1.807, 2.05) is 6.92 Å². The smallest absolute Gasteiger partial charge is 0.0466 e. The van der Waals surface area contributed by atoms with Crippen LogP contribution in [0.2, 0.25) is 0 Å². The van der Waals surface area contributed by atoms with Gasteiger partial charge in [-0.25, -0.2) is 0 Å². The number of hydrogen-bond acceptors (Lipinski definition) is 2. The predicted molar refractivity (Wildman–Crippen MR) is 62.4 cm³/mol. The van der Waals surface area contributed by atoms with Crippen LogP contribution in [0.15, 0.2) is 0 Å². The molecule has 0 radical (unpaired) electrons. The summed E-state index contributed by atoms with van der Waals surface area (Å²) >= 11 is 0. The lowest BCUT2D eigenvalue weighted by Gasteiger charge is -2.21. The van der Waals surface area contributed by atoms with Crippen molar-refractivity contribution in [2.45, 2.75) is 58.9 Å². The van der Waals surface area contributed by atoms with Crippen molar-refractivity contribution < 1.29 is 4.74 Å². The first-order valence-corrected chi connectivity index (χ1v) is 6.09. The highest BCUT2D eigenvalue weighted by molar-refractivity contribution is 4.71. The molecular weight excluding hydrogens is 174 g/mol. The van der Waals surface area contributed by atoms with Crippen molar-refractivity contribution in [3.63, 3.8) is 0 Å². The minimum absolute atomic E-state index is 0.375. The van der Waals surface area contributed by atoms with E-state index in [2.05, 4.69) is 13.8 Å². The van der Waals surface area contributed by atoms with Crippen molar-refractivity contribution in [2.75, 3.05) is 13.2 Å². The van der Waals surface area contributed by atoms with E-state index >= 15 is 0 Å². The molecule has 0 aromatic rings. The monoisotopic (exact) mass is 201 g/mol. The molecular formula is C12H27NO. The highest BCUT2D eigenvalue weighted by atomic mass is 16.5. The van der Waals surface area contributed by atoms with E-state index < -0.39 is 0 Å². The third kappa shape index (κ3) is 6.39. The van der Waals surface area contributed by atoms with Gasteiger partial charge in [-0.15, -0.1) is 0 Å². The van der Waals surface area contributed by atoms with Gasteiger partial charge in [0.2, 0.25) is 0 Å². The summed E-state index contributed by atoms with van der Waals surface area (Å²) in [6.07, 6.45) is 5.95. The van der Waals surface area contributed by atoms with E-state index in [-0.39, 0.29) is 0 Å². The van der Waals surface area contributed by atoms with Crippen molar-refractivity contribution in [1.82, 2.24) is 0 Å². The number of ether oxygens (including phenoxy) is 1. The van der Waals surface area contributed by atoms with Crippen LogP contribution in [0.25, 0.3) is 0 Å². The van der Waals surface area contributed by atoms with Crippen LogP contribution in [-0.2, 0) is 4.74 Å². The number of hydrogen-bond donors (Lipinski definition) is 1. The molecule has 2 N–H and O–H groups in total. The van der Waals surface area contributed by atoms with Gasteiger partial charge in [-0.2, -0.15) is 0 Å². The van der Waals surface area contributed by atoms with Gasteiger partial charge in [-0.05, 0) is 32.1 Å². The molecule has 14 heavy (non-hydrogen) atoms. The molecule has 2 unspecified atom stereocenters. The van der Waals surface area contributed by atoms with Gasteiger partial charge in [0.1, 0.15) is 0 Å². The lowest BCUT2D eigenvalue weighted by molar-refractivity contribution is 0.139. The molecule has 0 aliphatic heterocycles. The van der Waals surface area contributed by atoms with Gasteiger partial charge in [0.05, 0.1) is 0 Å². The molecule has 0 amide bonds. The summed E-state index contributed by atoms with van der Waals surface area (Å²) in [4.78, 5) is 0. The summed E-state index contributed by atoms with van der Waals surface area (Å²) in [5, 5.41) is 0. The van der Waals surface area contributed by atoms with Crippen LogP contribution < -0.4 is 5.73 Å². The first-order chi connectivity index (χ1) is 6.76. The molecule has 0 aromatic carbocycles. The van der Waals surface area contributed by atoms with Crippen molar-refractivity contribution in [2.24, 2.45) is 11.7 Å². The molecule has 0 spiro atoms. The second-order valence-corrected chi connectivity index (χ2v) is 3.96. The lowest BCUT2D eigenvalue weighted by atomic mass is 9.90. The summed E-state index contributed by atoms with van der Waals surface area (Å²) in [6, 6.07) is 0.375. The Balaban J connectivity index is 3.52. The van der Waals surface area contributed by atoms with Crippen molar-refractivity contribution in [1.29, 1.82) is 0 Å². The Labute approximate surface area is 89.2 Å². The fourth-order valence-electron chi connectivity index (χ4n) is 1.89. The van der Waals surface area contributed by atoms with Gasteiger partial charge in [0.25, 0.3) is 0 Å². The highest BCUT2D eigenvalue weighted by Crippen LogP contribution is 2.17. The van der Waals surface area contributed by atoms with Gasteiger partial charge >= 0.3 is 0 Å². The SMILES string of the molecule is CCCC(CC)C(N)CCCOCC. The molecule has 0 saturated carbocycles. The molecule has 0 aliphatic rings. The molecule has 0 rings (SSSR count). The zero-order valence-electron chi connectivity index (χ0n) is 10.1. The summed E-state index contributed by atoms with van der Waals surface area (Å²) in [7, 11) is 0. The maximum atomic E-state index is 6.14. The molecule has 0 aliphatic carbocycles. The Hall–Kier alpha value is -0.0800. The predicted octanol–water partition coefficient (Wildman–Crippen LogP) is 2.96. The third-order valence-electron chi connectivity index (χ3n) is 2.82. The van der Waals surface area contributed by atoms with Crippen molar-refractivity contribution in [3.8, 4) is 0 Å². The van der Waals surface area contributed by atoms with Crippen LogP contribution in [0.1, 0.15) is 52.9 Å². The lowest BCUT2D eigenvalue weighted by Crippen LogP contribution is -2.30. The molecule has 0 bridgehead atoms. The Morgan fingerprint density at radius 1 is 1.14 bits per heavy atom. The van der Waals surface area contributed by atoms with Crippen LogP contribution in [0, 0.1) is 5.92 Å². The van der Waals surface area contributed by atoms with Gasteiger partial charge in [-0.1, -0.05) is 26.7 Å². The maximum Gasteiger partial charge on any atom is 0.0466 e. The van der Waals surface area contributed by atoms with Crippen LogP contribution >= 0.6 is 0 Å². The van der Waals surface area contributed by atoms with Crippen LogP contribution in [0.4, 0.5) is 0 Å². The summed E-state index contributed by atoms with van der Waals surface area (Å²) in [6.45, 7) is 8.19. The van der Waals surface area contributed by atoms with E-state index in [1.165, 1.54) is 19.3 Å². The second-order valence-electron chi connectivity index (χ2n) is 3.96. The van der Waals surface area contributed by atoms with Gasteiger partial charge in [0.15, 0.2) is 0 Å². The minimum Gasteiger partial charge on any atom is -0.382 e. The van der Waals surface area contributed by atoms with Gasteiger partial charge in [-0.3, -0.25) is 0 Å². The van der Waals surface area contributed by atoms with Gasteiger partial charge in [0, 0.05) is 19.3 Å². The Bertz CT molecular complexity index is 117. The third-order valence-corrected chi connectivity index (χ3v) is 2.82. The van der Waals surface area contributed by atoms with Crippen molar-refractivity contribution >= 4 is 0 Å². The van der Waals surface area contributed by atoms with Crippen LogP contribution in [-0.4, -0.2) is 19.3 Å². The summed E-state index contributed by atoms with van der Waals surface area (Å²) < 4.78 is 5.30. The fourth-order valence-corrected chi connectivity index (χ4v) is 1.89. The second kappa shape index (κ2) is 9.47. The van der Waals surface area contributed by atoms with Crippen LogP contribution in [0.3, 0.4) is 0 Å². The first kappa shape index (κ1) is 13.9. The van der Waals surface area contributed by atoms with E-state index in [0.29, 0.717) is 12.0 Å². The number of nitrogens with two attached hydrogens (primary N) is 1. The Morgan fingerprint density at radius 3 is 2.36 bits per heavy atom. The largest absolute Gasteiger partial charge is 0.382 e. The molecule has 86 valence electrons. The zero-order chi connectivity index (χ0) is 10.8. The fraction of sp³-hybridized carbons (Fsp3) is 1.00. The van der Waals surface area contributed by atoms with Crippen LogP contribution in [0.5, 0.6) is 0 Å². The zero-order valence-corrected chi connectivity index (χ0v) is 10.1. The van der Waals surface area contributed by atoms with Gasteiger partial charge < -0.3 is 10.5 Å². The molecule has 0 aromatic heterocycles. The molecule has 2 heteroatoms. The maximum absolute atomic E-state index is 6.14. The molecule has 0 fully saturated rings. The van der Waals surface area contributed by atoms with E-state index in [1.54, 1.807) is 0 Å². The Morgan fingerprint density at radius 2 is 1.86 bits per heavy atom. The van der Waals surface area contributed by atoms with Crippen molar-refractivity contribution in [3.05, 3.63) is 0 Å². The average molecular weight is 201 g/mol. The quantitative estimate of drug-likeness (QED) is 0.582. The van der Waals surface area contributed by atoms with E-state index in [4.69, 9.17) is 10.5 Å². The highest BCUT2D eigenvalue weighted by Gasteiger charge is 2.14. The summed E-state index contributed by atoms with van der Waals surface area (Å²) in [5.74, 6) is 0.710. The number of rotatable bonds is 9. The molecule has 0 saturated heterocycles. The standard InChI is InChI=1S/C12H27NO/c1-4-8-11(5-2)12(13)9-7-10-14-6-3/h11-12H,4-10,13H2,1-3H3. The average Bonchev–Trinajstić information content (AvgIpc) is 2.20. The molecule has 2 nitrogen and oxygen atoms in total. The molecule has 0 heterocycles. The topological polar surface area (TPSA) is 35.2 Å².